The second kappa shape index (κ2) is 9.32. The highest BCUT2D eigenvalue weighted by atomic mass is 28.3. The summed E-state index contributed by atoms with van der Waals surface area (Å²) in [5.41, 5.74) is 0. The second-order valence-electron chi connectivity index (χ2n) is 3.59. The summed E-state index contributed by atoms with van der Waals surface area (Å²) >= 11 is 0. The minimum Gasteiger partial charge on any atom is -0.410 e. The monoisotopic (exact) mass is 256 g/mol. The highest BCUT2D eigenvalue weighted by Crippen LogP contribution is 1.91. The largest absolute Gasteiger partial charge is 0.410 e. The first-order chi connectivity index (χ1) is 8.34. The Kier molecular flexibility index (Phi) is 7.86. The van der Waals surface area contributed by atoms with Crippen molar-refractivity contribution in [1.29, 1.82) is 0 Å². The fourth-order valence-electron chi connectivity index (χ4n) is 1.31. The zero-order chi connectivity index (χ0) is 12.3. The van der Waals surface area contributed by atoms with Crippen LogP contribution in [0.2, 0.25) is 0 Å². The van der Waals surface area contributed by atoms with Crippen molar-refractivity contribution in [2.24, 2.45) is 0 Å². The summed E-state index contributed by atoms with van der Waals surface area (Å²) in [6.45, 7) is 2.39. The predicted octanol–water partition coefficient (Wildman–Crippen LogP) is 0.176. The van der Waals surface area contributed by atoms with Crippen LogP contribution in [0, 0.1) is 0 Å². The summed E-state index contributed by atoms with van der Waals surface area (Å²) in [6, 6.07) is 9.53. The minimum absolute atomic E-state index is 0.537. The van der Waals surface area contributed by atoms with Crippen LogP contribution in [0.15, 0.2) is 30.3 Å². The van der Waals surface area contributed by atoms with Crippen LogP contribution in [0.3, 0.4) is 0 Å². The first-order valence-corrected chi connectivity index (χ1v) is 7.32. The molecule has 1 atom stereocenters. The van der Waals surface area contributed by atoms with Crippen LogP contribution in [0.25, 0.3) is 0 Å². The van der Waals surface area contributed by atoms with Crippen LogP contribution in [0.5, 0.6) is 0 Å². The molecule has 0 saturated heterocycles. The molecule has 96 valence electrons. The molecule has 0 aromatic heterocycles. The number of ether oxygens (including phenoxy) is 2. The standard InChI is InChI=1S/C12H20O4Si/c1-14-10-11-15-8-5-9-16-17(13)12-6-3-2-4-7-12/h2-4,6-7,13,17H,5,8-11H2,1H3. The van der Waals surface area contributed by atoms with E-state index in [9.17, 15) is 4.80 Å². The van der Waals surface area contributed by atoms with E-state index in [2.05, 4.69) is 0 Å². The van der Waals surface area contributed by atoms with Crippen LogP contribution >= 0.6 is 0 Å². The minimum atomic E-state index is -2.21. The molecule has 1 N–H and O–H groups in total. The maximum Gasteiger partial charge on any atom is 0.353 e. The van der Waals surface area contributed by atoms with Crippen LogP contribution in [-0.2, 0) is 13.9 Å². The van der Waals surface area contributed by atoms with Gasteiger partial charge in [-0.15, -0.1) is 0 Å². The van der Waals surface area contributed by atoms with E-state index in [1.807, 2.05) is 30.3 Å². The van der Waals surface area contributed by atoms with Gasteiger partial charge < -0.3 is 18.7 Å². The quantitative estimate of drug-likeness (QED) is 0.506. The van der Waals surface area contributed by atoms with E-state index in [-0.39, 0.29) is 0 Å². The fourth-order valence-corrected chi connectivity index (χ4v) is 2.45. The third kappa shape index (κ3) is 6.55. The Morgan fingerprint density at radius 2 is 1.82 bits per heavy atom. The van der Waals surface area contributed by atoms with E-state index in [0.717, 1.165) is 11.6 Å². The molecule has 1 rings (SSSR count). The molecular weight excluding hydrogens is 236 g/mol. The van der Waals surface area contributed by atoms with Gasteiger partial charge in [0.25, 0.3) is 0 Å². The lowest BCUT2D eigenvalue weighted by molar-refractivity contribution is 0.0635. The summed E-state index contributed by atoms with van der Waals surface area (Å²) in [5, 5.41) is 0.910. The molecule has 17 heavy (non-hydrogen) atoms. The fraction of sp³-hybridized carbons (Fsp3) is 0.500. The number of rotatable bonds is 9. The van der Waals surface area contributed by atoms with Crippen LogP contribution in [0.4, 0.5) is 0 Å². The van der Waals surface area contributed by atoms with Crippen molar-refractivity contribution in [1.82, 2.24) is 0 Å². The lowest BCUT2D eigenvalue weighted by Crippen LogP contribution is -2.33. The van der Waals surface area contributed by atoms with Gasteiger partial charge in [-0.05, 0) is 11.6 Å². The molecule has 0 radical (unpaired) electrons. The smallest absolute Gasteiger partial charge is 0.353 e. The number of hydrogen-bond donors (Lipinski definition) is 1. The molecule has 5 heteroatoms. The van der Waals surface area contributed by atoms with Crippen molar-refractivity contribution in [3.63, 3.8) is 0 Å². The van der Waals surface area contributed by atoms with Gasteiger partial charge in [-0.1, -0.05) is 30.3 Å². The maximum atomic E-state index is 9.82. The Morgan fingerprint density at radius 1 is 1.06 bits per heavy atom. The van der Waals surface area contributed by atoms with Crippen molar-refractivity contribution in [2.75, 3.05) is 33.5 Å². The molecule has 0 heterocycles. The van der Waals surface area contributed by atoms with E-state index in [1.54, 1.807) is 7.11 Å². The highest BCUT2D eigenvalue weighted by Gasteiger charge is 2.09. The van der Waals surface area contributed by atoms with Gasteiger partial charge in [-0.3, -0.25) is 0 Å². The zero-order valence-corrected chi connectivity index (χ0v) is 11.3. The summed E-state index contributed by atoms with van der Waals surface area (Å²) in [4.78, 5) is 9.82. The van der Waals surface area contributed by atoms with Crippen molar-refractivity contribution in [3.8, 4) is 0 Å². The molecule has 0 saturated carbocycles. The lowest BCUT2D eigenvalue weighted by Gasteiger charge is -2.10. The van der Waals surface area contributed by atoms with Gasteiger partial charge in [0, 0.05) is 20.3 Å². The lowest BCUT2D eigenvalue weighted by atomic mass is 10.4. The van der Waals surface area contributed by atoms with Gasteiger partial charge in [-0.25, -0.2) is 0 Å². The molecule has 4 nitrogen and oxygen atoms in total. The van der Waals surface area contributed by atoms with Crippen molar-refractivity contribution >= 4 is 14.5 Å². The van der Waals surface area contributed by atoms with Gasteiger partial charge in [-0.2, -0.15) is 0 Å². The number of methoxy groups -OCH3 is 1. The van der Waals surface area contributed by atoms with Crippen LogP contribution in [-0.4, -0.2) is 47.6 Å². The van der Waals surface area contributed by atoms with Gasteiger partial charge >= 0.3 is 9.28 Å². The molecule has 1 unspecified atom stereocenters. The Bertz CT molecular complexity index is 281. The van der Waals surface area contributed by atoms with E-state index in [4.69, 9.17) is 13.9 Å². The molecule has 0 aliphatic heterocycles. The Hall–Kier alpha value is -0.723. The summed E-state index contributed by atoms with van der Waals surface area (Å²) < 4.78 is 15.6. The third-order valence-corrected chi connectivity index (χ3v) is 3.73. The van der Waals surface area contributed by atoms with E-state index < -0.39 is 9.28 Å². The average molecular weight is 256 g/mol. The molecule has 1 aromatic carbocycles. The number of hydrogen-bond acceptors (Lipinski definition) is 4. The SMILES string of the molecule is COCCOCCCO[SiH](O)c1ccccc1. The average Bonchev–Trinajstić information content (AvgIpc) is 2.38. The van der Waals surface area contributed by atoms with Gasteiger partial charge in [0.1, 0.15) is 0 Å². The molecule has 0 fully saturated rings. The summed E-state index contributed by atoms with van der Waals surface area (Å²) in [6.07, 6.45) is 0.792. The first-order valence-electron chi connectivity index (χ1n) is 5.76. The molecular formula is C12H20O4Si. The van der Waals surface area contributed by atoms with Gasteiger partial charge in [0.15, 0.2) is 0 Å². The second-order valence-corrected chi connectivity index (χ2v) is 5.30. The van der Waals surface area contributed by atoms with Crippen molar-refractivity contribution in [3.05, 3.63) is 30.3 Å². The van der Waals surface area contributed by atoms with Crippen molar-refractivity contribution in [2.45, 2.75) is 6.42 Å². The maximum absolute atomic E-state index is 9.82. The van der Waals surface area contributed by atoms with Gasteiger partial charge in [0.05, 0.1) is 13.2 Å². The van der Waals surface area contributed by atoms with E-state index >= 15 is 0 Å². The Morgan fingerprint density at radius 3 is 2.53 bits per heavy atom. The zero-order valence-electron chi connectivity index (χ0n) is 10.2. The normalized spacial score (nSPS) is 12.6. The Balaban J connectivity index is 2.03. The van der Waals surface area contributed by atoms with Crippen molar-refractivity contribution < 1.29 is 18.7 Å². The third-order valence-electron chi connectivity index (χ3n) is 2.23. The molecule has 1 aromatic rings. The van der Waals surface area contributed by atoms with E-state index in [1.165, 1.54) is 0 Å². The Labute approximate surface area is 104 Å². The molecule has 0 aliphatic rings. The highest BCUT2D eigenvalue weighted by molar-refractivity contribution is 6.59. The molecule has 0 spiro atoms. The molecule has 0 aliphatic carbocycles. The molecule has 0 bridgehead atoms. The predicted molar refractivity (Wildman–Crippen MR) is 68.7 cm³/mol. The van der Waals surface area contributed by atoms with Gasteiger partial charge in [0.2, 0.25) is 0 Å². The van der Waals surface area contributed by atoms with Crippen LogP contribution < -0.4 is 5.19 Å². The molecule has 0 amide bonds. The summed E-state index contributed by atoms with van der Waals surface area (Å²) in [5.74, 6) is 0. The first kappa shape index (κ1) is 14.3. The summed E-state index contributed by atoms with van der Waals surface area (Å²) in [7, 11) is -0.558. The topological polar surface area (TPSA) is 47.9 Å². The van der Waals surface area contributed by atoms with Crippen LogP contribution in [0.1, 0.15) is 6.42 Å². The number of benzene rings is 1. The van der Waals surface area contributed by atoms with E-state index in [0.29, 0.717) is 26.4 Å².